The summed E-state index contributed by atoms with van der Waals surface area (Å²) in [5.41, 5.74) is 16.7. The fraction of sp³-hybridized carbons (Fsp3) is 0.404. The molecule has 19 nitrogen and oxygen atoms in total. The van der Waals surface area contributed by atoms with Crippen molar-refractivity contribution in [1.82, 2.24) is 44.7 Å². The molecule has 71 heavy (non-hydrogen) atoms. The lowest BCUT2D eigenvalue weighted by Crippen LogP contribution is -2.33. The average molecular weight is 970 g/mol. The molecule has 0 aliphatic carbocycles. The van der Waals surface area contributed by atoms with Gasteiger partial charge in [-0.3, -0.25) is 19.1 Å². The van der Waals surface area contributed by atoms with Crippen molar-refractivity contribution < 1.29 is 34.0 Å². The Balaban J connectivity index is 1.08. The number of benzene rings is 2. The monoisotopic (exact) mass is 969 g/mol. The molecule has 7 aromatic rings. The maximum atomic E-state index is 14.5. The van der Waals surface area contributed by atoms with Crippen LogP contribution in [0.25, 0.3) is 44.6 Å². The van der Waals surface area contributed by atoms with Crippen LogP contribution in [0.3, 0.4) is 0 Å². The minimum absolute atomic E-state index is 0.00272. The largest absolute Gasteiger partial charge is 0.491 e. The van der Waals surface area contributed by atoms with Gasteiger partial charge in [0.25, 0.3) is 17.4 Å². The Morgan fingerprint density at radius 1 is 0.831 bits per heavy atom. The topological polar surface area (TPSA) is 262 Å². The van der Waals surface area contributed by atoms with Crippen LogP contribution < -0.4 is 37.1 Å². The average Bonchev–Trinajstić information content (AvgIpc) is 4.03. The van der Waals surface area contributed by atoms with Gasteiger partial charge in [-0.25, -0.2) is 14.6 Å². The van der Waals surface area contributed by atoms with Crippen molar-refractivity contribution in [3.8, 4) is 34.0 Å². The molecule has 1 saturated heterocycles. The van der Waals surface area contributed by atoms with Gasteiger partial charge in [-0.1, -0.05) is 24.3 Å². The van der Waals surface area contributed by atoms with E-state index in [4.69, 9.17) is 40.7 Å². The zero-order valence-corrected chi connectivity index (χ0v) is 40.8. The standard InChI is InChI=1S/C52H63N11O8/c1-30(2)62-27-45-42(20-46(58-48(45)60-62)35-8-6-10-39(17-35)70-28-37(64)21-53)51(67)56-24-43-31(3)16-32(4)61(52(43)68)26-33(5)63-49-44(25-57-63)41(50(66)55-23-34-12-14-69-15-13-34)19-47(59-49)36-9-7-11-40(18-36)71-29-38(65)22-54/h6-11,16-20,25,27,30,33-34,37-38,64-65H,12-15,21-24,26,28-29,53-54H2,1-5H3,(H,55,66)(H,56,67). The number of nitrogens with zero attached hydrogens (tertiary/aromatic N) is 7. The van der Waals surface area contributed by atoms with Crippen molar-refractivity contribution in [2.45, 2.75) is 84.8 Å². The van der Waals surface area contributed by atoms with Crippen LogP contribution in [0.15, 0.2) is 83.9 Å². The van der Waals surface area contributed by atoms with Gasteiger partial charge in [0.2, 0.25) is 0 Å². The molecule has 6 heterocycles. The van der Waals surface area contributed by atoms with Gasteiger partial charge in [-0.15, -0.1) is 0 Å². The normalized spacial score (nSPS) is 14.5. The van der Waals surface area contributed by atoms with Crippen molar-refractivity contribution in [3.63, 3.8) is 0 Å². The van der Waals surface area contributed by atoms with E-state index in [1.165, 1.54) is 0 Å². The van der Waals surface area contributed by atoms with Gasteiger partial charge in [-0.2, -0.15) is 10.2 Å². The summed E-state index contributed by atoms with van der Waals surface area (Å²) < 4.78 is 22.3. The lowest BCUT2D eigenvalue weighted by Gasteiger charge is -2.22. The van der Waals surface area contributed by atoms with Crippen LogP contribution in [0.4, 0.5) is 0 Å². The molecule has 8 N–H and O–H groups in total. The Kier molecular flexibility index (Phi) is 15.9. The number of nitrogens with one attached hydrogen (secondary N) is 2. The molecule has 3 atom stereocenters. The van der Waals surface area contributed by atoms with E-state index in [-0.39, 0.29) is 56.9 Å². The summed E-state index contributed by atoms with van der Waals surface area (Å²) in [5, 5.41) is 36.7. The predicted molar refractivity (Wildman–Crippen MR) is 269 cm³/mol. The fourth-order valence-corrected chi connectivity index (χ4v) is 8.60. The van der Waals surface area contributed by atoms with Crippen LogP contribution in [-0.2, 0) is 17.8 Å². The first-order chi connectivity index (χ1) is 34.2. The molecule has 19 heteroatoms. The number of fused-ring (bicyclic) bond motifs is 2. The summed E-state index contributed by atoms with van der Waals surface area (Å²) in [6, 6.07) is 19.4. The number of hydrogen-bond acceptors (Lipinski definition) is 14. The number of aromatic nitrogens is 7. The van der Waals surface area contributed by atoms with E-state index in [0.29, 0.717) is 98.4 Å². The minimum atomic E-state index is -0.829. The third-order valence-corrected chi connectivity index (χ3v) is 12.8. The van der Waals surface area contributed by atoms with Crippen molar-refractivity contribution in [2.75, 3.05) is 46.1 Å². The maximum absolute atomic E-state index is 14.5. The quantitative estimate of drug-likeness (QED) is 0.0610. The lowest BCUT2D eigenvalue weighted by atomic mass is 10.00. The van der Waals surface area contributed by atoms with Crippen molar-refractivity contribution >= 4 is 33.9 Å². The lowest BCUT2D eigenvalue weighted by molar-refractivity contribution is 0.0643. The molecule has 5 aromatic heterocycles. The van der Waals surface area contributed by atoms with Gasteiger partial charge in [0.05, 0.1) is 45.5 Å². The summed E-state index contributed by atoms with van der Waals surface area (Å²) >= 11 is 0. The number of rotatable bonds is 20. The highest BCUT2D eigenvalue weighted by Gasteiger charge is 2.24. The molecule has 0 radical (unpaired) electrons. The van der Waals surface area contributed by atoms with Gasteiger partial charge in [0, 0.05) is 80.6 Å². The van der Waals surface area contributed by atoms with Gasteiger partial charge in [-0.05, 0) is 101 Å². The number of ether oxygens (including phenoxy) is 3. The van der Waals surface area contributed by atoms with E-state index >= 15 is 0 Å². The van der Waals surface area contributed by atoms with Crippen molar-refractivity contribution in [1.29, 1.82) is 0 Å². The van der Waals surface area contributed by atoms with Crippen LogP contribution in [0.5, 0.6) is 11.5 Å². The third kappa shape index (κ3) is 11.6. The fourth-order valence-electron chi connectivity index (χ4n) is 8.60. The Morgan fingerprint density at radius 3 is 2.06 bits per heavy atom. The number of amides is 2. The number of aliphatic hydroxyl groups is 2. The molecular weight excluding hydrogens is 907 g/mol. The Morgan fingerprint density at radius 2 is 1.44 bits per heavy atom. The van der Waals surface area contributed by atoms with Crippen LogP contribution in [0.2, 0.25) is 0 Å². The van der Waals surface area contributed by atoms with E-state index in [1.54, 1.807) is 68.8 Å². The van der Waals surface area contributed by atoms with E-state index in [2.05, 4.69) is 15.7 Å². The van der Waals surface area contributed by atoms with Crippen LogP contribution >= 0.6 is 0 Å². The summed E-state index contributed by atoms with van der Waals surface area (Å²) in [5.74, 6) is 0.626. The second kappa shape index (κ2) is 22.4. The number of aryl methyl sites for hydroxylation is 2. The molecule has 3 unspecified atom stereocenters. The summed E-state index contributed by atoms with van der Waals surface area (Å²) in [4.78, 5) is 52.8. The number of nitrogens with two attached hydrogens (primary N) is 2. The van der Waals surface area contributed by atoms with Crippen LogP contribution in [-0.4, -0.2) is 114 Å². The van der Waals surface area contributed by atoms with E-state index in [1.807, 2.05) is 58.9 Å². The predicted octanol–water partition coefficient (Wildman–Crippen LogP) is 4.61. The van der Waals surface area contributed by atoms with Crippen molar-refractivity contribution in [2.24, 2.45) is 17.4 Å². The molecule has 8 rings (SSSR count). The minimum Gasteiger partial charge on any atom is -0.491 e. The molecule has 1 aliphatic rings. The Labute approximate surface area is 411 Å². The number of hydrogen-bond donors (Lipinski definition) is 6. The molecule has 1 aliphatic heterocycles. The summed E-state index contributed by atoms with van der Waals surface area (Å²) in [6.07, 6.45) is 3.51. The van der Waals surface area contributed by atoms with Gasteiger partial charge >= 0.3 is 0 Å². The smallest absolute Gasteiger partial charge is 0.256 e. The molecule has 0 bridgehead atoms. The molecule has 1 fully saturated rings. The zero-order valence-electron chi connectivity index (χ0n) is 40.8. The van der Waals surface area contributed by atoms with E-state index in [0.717, 1.165) is 24.1 Å². The first kappa shape index (κ1) is 50.4. The van der Waals surface area contributed by atoms with Crippen LogP contribution in [0.1, 0.15) is 83.2 Å². The number of pyridine rings is 3. The second-order valence-corrected chi connectivity index (χ2v) is 18.5. The first-order valence-electron chi connectivity index (χ1n) is 24.1. The zero-order chi connectivity index (χ0) is 50.3. The SMILES string of the molecule is Cc1cc(C)n(CC(C)n2ncc3c(C(=O)NCC4CCOCC4)cc(-c4cccc(OCC(O)CN)c4)nc32)c(=O)c1CNC(=O)c1cc(-c2cccc(OCC(O)CN)c2)nc2nn(C(C)C)cc12. The highest BCUT2D eigenvalue weighted by atomic mass is 16.5. The highest BCUT2D eigenvalue weighted by Crippen LogP contribution is 2.31. The van der Waals surface area contributed by atoms with E-state index < -0.39 is 24.2 Å². The molecule has 0 saturated carbocycles. The maximum Gasteiger partial charge on any atom is 0.256 e. The second-order valence-electron chi connectivity index (χ2n) is 18.5. The van der Waals surface area contributed by atoms with E-state index in [9.17, 15) is 24.6 Å². The van der Waals surface area contributed by atoms with Crippen molar-refractivity contribution in [3.05, 3.63) is 117 Å². The molecule has 0 spiro atoms. The van der Waals surface area contributed by atoms with Gasteiger partial charge in [0.1, 0.15) is 36.9 Å². The number of carbonyl (C=O) groups is 2. The molecular formula is C52H63N11O8. The highest BCUT2D eigenvalue weighted by molar-refractivity contribution is 6.07. The van der Waals surface area contributed by atoms with Gasteiger partial charge in [0.15, 0.2) is 11.3 Å². The Bertz CT molecular complexity index is 3090. The summed E-state index contributed by atoms with van der Waals surface area (Å²) in [7, 11) is 0. The summed E-state index contributed by atoms with van der Waals surface area (Å²) in [6.45, 7) is 11.7. The molecule has 374 valence electrons. The molecule has 2 aromatic carbocycles. The number of aliphatic hydroxyl groups excluding tert-OH is 2. The number of carbonyl (C=O) groups excluding carboxylic acids is 2. The van der Waals surface area contributed by atoms with Gasteiger partial charge < -0.3 is 51.1 Å². The third-order valence-electron chi connectivity index (χ3n) is 12.8. The first-order valence-corrected chi connectivity index (χ1v) is 24.1. The van der Waals surface area contributed by atoms with Crippen LogP contribution in [0, 0.1) is 19.8 Å². The Hall–Kier alpha value is -7.03. The molecule has 2 amide bonds.